The van der Waals surface area contributed by atoms with Gasteiger partial charge in [0.25, 0.3) is 5.91 Å². The first kappa shape index (κ1) is 16.5. The third-order valence-corrected chi connectivity index (χ3v) is 3.14. The zero-order valence-corrected chi connectivity index (χ0v) is 13.0. The predicted octanol–water partition coefficient (Wildman–Crippen LogP) is 2.10. The quantitative estimate of drug-likeness (QED) is 0.625. The largest absolute Gasteiger partial charge is 0.497 e. The molecule has 0 aliphatic carbocycles. The van der Waals surface area contributed by atoms with Gasteiger partial charge in [-0.2, -0.15) is 0 Å². The van der Waals surface area contributed by atoms with Crippen LogP contribution in [-0.4, -0.2) is 36.9 Å². The molecule has 1 amide bonds. The van der Waals surface area contributed by atoms with Crippen LogP contribution in [0.2, 0.25) is 0 Å². The highest BCUT2D eigenvalue weighted by atomic mass is 16.5. The SMILES string of the molecule is COc1ccc(C(C)=O)c(OCCNC(=O)c2cccnc2)c1. The van der Waals surface area contributed by atoms with E-state index >= 15 is 0 Å². The van der Waals surface area contributed by atoms with Crippen molar-refractivity contribution in [3.05, 3.63) is 53.9 Å². The van der Waals surface area contributed by atoms with Crippen LogP contribution < -0.4 is 14.8 Å². The molecule has 0 aliphatic rings. The third-order valence-electron chi connectivity index (χ3n) is 3.14. The average molecular weight is 314 g/mol. The molecule has 120 valence electrons. The molecule has 23 heavy (non-hydrogen) atoms. The van der Waals surface area contributed by atoms with Gasteiger partial charge in [0.05, 0.1) is 24.8 Å². The number of amides is 1. The summed E-state index contributed by atoms with van der Waals surface area (Å²) in [5.41, 5.74) is 0.961. The highest BCUT2D eigenvalue weighted by Crippen LogP contribution is 2.25. The maximum atomic E-state index is 11.9. The normalized spacial score (nSPS) is 10.0. The van der Waals surface area contributed by atoms with Crippen LogP contribution in [0.3, 0.4) is 0 Å². The van der Waals surface area contributed by atoms with Crippen LogP contribution in [0.15, 0.2) is 42.7 Å². The molecule has 0 bridgehead atoms. The number of hydrogen-bond donors (Lipinski definition) is 1. The van der Waals surface area contributed by atoms with E-state index in [1.54, 1.807) is 43.6 Å². The van der Waals surface area contributed by atoms with Gasteiger partial charge in [-0.05, 0) is 31.2 Å². The average Bonchev–Trinajstić information content (AvgIpc) is 2.58. The van der Waals surface area contributed by atoms with Crippen molar-refractivity contribution in [2.24, 2.45) is 0 Å². The molecule has 0 saturated carbocycles. The highest BCUT2D eigenvalue weighted by molar-refractivity contribution is 5.97. The van der Waals surface area contributed by atoms with Crippen LogP contribution in [0.4, 0.5) is 0 Å². The Bertz CT molecular complexity index is 686. The number of benzene rings is 1. The van der Waals surface area contributed by atoms with Crippen molar-refractivity contribution in [3.8, 4) is 11.5 Å². The number of rotatable bonds is 7. The molecule has 0 atom stereocenters. The van der Waals surface area contributed by atoms with Gasteiger partial charge in [0, 0.05) is 18.5 Å². The fourth-order valence-corrected chi connectivity index (χ4v) is 1.96. The monoisotopic (exact) mass is 314 g/mol. The van der Waals surface area contributed by atoms with Gasteiger partial charge in [0.1, 0.15) is 18.1 Å². The topological polar surface area (TPSA) is 77.5 Å². The maximum Gasteiger partial charge on any atom is 0.252 e. The van der Waals surface area contributed by atoms with Crippen molar-refractivity contribution in [1.29, 1.82) is 0 Å². The number of ketones is 1. The van der Waals surface area contributed by atoms with Crippen LogP contribution in [0.5, 0.6) is 11.5 Å². The van der Waals surface area contributed by atoms with Crippen LogP contribution in [0.1, 0.15) is 27.6 Å². The number of pyridine rings is 1. The van der Waals surface area contributed by atoms with Crippen molar-refractivity contribution < 1.29 is 19.1 Å². The molecule has 0 spiro atoms. The van der Waals surface area contributed by atoms with E-state index < -0.39 is 0 Å². The Hall–Kier alpha value is -2.89. The van der Waals surface area contributed by atoms with Gasteiger partial charge in [0.2, 0.25) is 0 Å². The number of aromatic nitrogens is 1. The molecule has 1 aromatic carbocycles. The fraction of sp³-hybridized carbons (Fsp3) is 0.235. The minimum absolute atomic E-state index is 0.0953. The molecular formula is C17H18N2O4. The van der Waals surface area contributed by atoms with Crippen molar-refractivity contribution in [3.63, 3.8) is 0 Å². The predicted molar refractivity (Wildman–Crippen MR) is 85.1 cm³/mol. The van der Waals surface area contributed by atoms with E-state index in [0.29, 0.717) is 29.2 Å². The van der Waals surface area contributed by atoms with Crippen molar-refractivity contribution in [2.75, 3.05) is 20.3 Å². The Kier molecular flexibility index (Phi) is 5.68. The lowest BCUT2D eigenvalue weighted by Gasteiger charge is -2.12. The molecular weight excluding hydrogens is 296 g/mol. The molecule has 2 aromatic rings. The second kappa shape index (κ2) is 7.93. The zero-order chi connectivity index (χ0) is 16.7. The lowest BCUT2D eigenvalue weighted by atomic mass is 10.1. The fourth-order valence-electron chi connectivity index (χ4n) is 1.96. The van der Waals surface area contributed by atoms with Crippen LogP contribution >= 0.6 is 0 Å². The van der Waals surface area contributed by atoms with E-state index in [1.807, 2.05) is 0 Å². The molecule has 6 nitrogen and oxygen atoms in total. The maximum absolute atomic E-state index is 11.9. The minimum atomic E-state index is -0.223. The van der Waals surface area contributed by atoms with Gasteiger partial charge >= 0.3 is 0 Å². The van der Waals surface area contributed by atoms with E-state index in [0.717, 1.165) is 0 Å². The third kappa shape index (κ3) is 4.54. The number of methoxy groups -OCH3 is 1. The number of hydrogen-bond acceptors (Lipinski definition) is 5. The van der Waals surface area contributed by atoms with Crippen LogP contribution in [0, 0.1) is 0 Å². The van der Waals surface area contributed by atoms with E-state index in [4.69, 9.17) is 9.47 Å². The molecule has 1 heterocycles. The Balaban J connectivity index is 1.91. The Labute approximate surface area is 134 Å². The molecule has 0 saturated heterocycles. The van der Waals surface area contributed by atoms with Gasteiger partial charge in [-0.1, -0.05) is 0 Å². The highest BCUT2D eigenvalue weighted by Gasteiger charge is 2.10. The lowest BCUT2D eigenvalue weighted by Crippen LogP contribution is -2.28. The van der Waals surface area contributed by atoms with Gasteiger partial charge in [0.15, 0.2) is 5.78 Å². The van der Waals surface area contributed by atoms with E-state index in [-0.39, 0.29) is 18.3 Å². The first-order chi connectivity index (χ1) is 11.1. The summed E-state index contributed by atoms with van der Waals surface area (Å²) in [6.45, 7) is 2.01. The minimum Gasteiger partial charge on any atom is -0.497 e. The van der Waals surface area contributed by atoms with E-state index in [2.05, 4.69) is 10.3 Å². The Morgan fingerprint density at radius 3 is 2.74 bits per heavy atom. The van der Waals surface area contributed by atoms with Gasteiger partial charge in [-0.15, -0.1) is 0 Å². The van der Waals surface area contributed by atoms with Gasteiger partial charge in [-0.3, -0.25) is 14.6 Å². The number of carbonyl (C=O) groups is 2. The second-order valence-electron chi connectivity index (χ2n) is 4.76. The summed E-state index contributed by atoms with van der Waals surface area (Å²) < 4.78 is 10.7. The summed E-state index contributed by atoms with van der Waals surface area (Å²) in [5.74, 6) is 0.720. The number of Topliss-reactive ketones (excluding diaryl/α,β-unsaturated/α-hetero) is 1. The smallest absolute Gasteiger partial charge is 0.252 e. The summed E-state index contributed by atoms with van der Waals surface area (Å²) in [7, 11) is 1.54. The van der Waals surface area contributed by atoms with Crippen LogP contribution in [-0.2, 0) is 0 Å². The molecule has 1 aromatic heterocycles. The molecule has 1 N–H and O–H groups in total. The first-order valence-electron chi connectivity index (χ1n) is 7.12. The first-order valence-corrected chi connectivity index (χ1v) is 7.12. The summed E-state index contributed by atoms with van der Waals surface area (Å²) in [6, 6.07) is 8.39. The Morgan fingerprint density at radius 2 is 2.09 bits per heavy atom. The molecule has 0 fully saturated rings. The van der Waals surface area contributed by atoms with Crippen molar-refractivity contribution in [1.82, 2.24) is 10.3 Å². The van der Waals surface area contributed by atoms with Gasteiger partial charge in [-0.25, -0.2) is 0 Å². The number of carbonyl (C=O) groups excluding carboxylic acids is 2. The standard InChI is InChI=1S/C17H18N2O4/c1-12(20)15-6-5-14(22-2)10-16(15)23-9-8-19-17(21)13-4-3-7-18-11-13/h3-7,10-11H,8-9H2,1-2H3,(H,19,21). The molecule has 0 unspecified atom stereocenters. The number of nitrogens with zero attached hydrogens (tertiary/aromatic N) is 1. The molecule has 2 rings (SSSR count). The number of nitrogens with one attached hydrogen (secondary N) is 1. The molecule has 0 radical (unpaired) electrons. The van der Waals surface area contributed by atoms with Gasteiger partial charge < -0.3 is 14.8 Å². The summed E-state index contributed by atoms with van der Waals surface area (Å²) in [6.07, 6.45) is 3.10. The van der Waals surface area contributed by atoms with Crippen molar-refractivity contribution >= 4 is 11.7 Å². The summed E-state index contributed by atoms with van der Waals surface area (Å²) in [5, 5.41) is 2.73. The number of ether oxygens (including phenoxy) is 2. The zero-order valence-electron chi connectivity index (χ0n) is 13.0. The summed E-state index contributed by atoms with van der Waals surface area (Å²) in [4.78, 5) is 27.3. The van der Waals surface area contributed by atoms with Crippen molar-refractivity contribution in [2.45, 2.75) is 6.92 Å². The second-order valence-corrected chi connectivity index (χ2v) is 4.76. The van der Waals surface area contributed by atoms with E-state index in [1.165, 1.54) is 13.1 Å². The van der Waals surface area contributed by atoms with E-state index in [9.17, 15) is 9.59 Å². The van der Waals surface area contributed by atoms with Crippen LogP contribution in [0.25, 0.3) is 0 Å². The molecule has 6 heteroatoms. The lowest BCUT2D eigenvalue weighted by molar-refractivity contribution is 0.0943. The Morgan fingerprint density at radius 1 is 1.26 bits per heavy atom. The molecule has 0 aliphatic heterocycles. The summed E-state index contributed by atoms with van der Waals surface area (Å²) >= 11 is 0.